The van der Waals surface area contributed by atoms with Gasteiger partial charge in [0.25, 0.3) is 15.9 Å². The summed E-state index contributed by atoms with van der Waals surface area (Å²) >= 11 is 0. The Balaban J connectivity index is 1.39. The molecule has 0 aromatic heterocycles. The molecule has 7 heteroatoms. The van der Waals surface area contributed by atoms with Gasteiger partial charge < -0.3 is 9.80 Å². The topological polar surface area (TPSA) is 69.7 Å². The lowest BCUT2D eigenvalue weighted by Gasteiger charge is -2.36. The Hall–Kier alpha value is -2.38. The maximum atomic E-state index is 12.9. The lowest BCUT2D eigenvalue weighted by Crippen LogP contribution is -2.45. The Kier molecular flexibility index (Phi) is 6.34. The number of hydrogen-bond donors (Lipinski definition) is 1. The molecule has 0 spiro atoms. The van der Waals surface area contributed by atoms with E-state index in [9.17, 15) is 13.2 Å². The molecule has 4 rings (SSSR count). The van der Waals surface area contributed by atoms with Crippen LogP contribution in [-0.4, -0.2) is 56.3 Å². The van der Waals surface area contributed by atoms with Crippen LogP contribution in [0.25, 0.3) is 0 Å². The zero-order chi connectivity index (χ0) is 22.0. The Morgan fingerprint density at radius 1 is 0.903 bits per heavy atom. The van der Waals surface area contributed by atoms with E-state index in [0.29, 0.717) is 17.3 Å². The fourth-order valence-electron chi connectivity index (χ4n) is 4.52. The number of benzene rings is 2. The number of piperidine rings is 1. The monoisotopic (exact) mass is 441 g/mol. The second kappa shape index (κ2) is 9.01. The number of anilines is 1. The molecule has 166 valence electrons. The van der Waals surface area contributed by atoms with Gasteiger partial charge in [0.05, 0.1) is 4.90 Å². The van der Waals surface area contributed by atoms with Crippen molar-refractivity contribution in [2.45, 2.75) is 50.5 Å². The van der Waals surface area contributed by atoms with Gasteiger partial charge in [0.15, 0.2) is 0 Å². The van der Waals surface area contributed by atoms with Gasteiger partial charge in [0.2, 0.25) is 0 Å². The molecule has 0 unspecified atom stereocenters. The fraction of sp³-hybridized carbons (Fsp3) is 0.458. The van der Waals surface area contributed by atoms with Crippen LogP contribution in [0.15, 0.2) is 47.4 Å². The summed E-state index contributed by atoms with van der Waals surface area (Å²) in [6.07, 6.45) is 4.59. The summed E-state index contributed by atoms with van der Waals surface area (Å²) in [7, 11) is -3.71. The van der Waals surface area contributed by atoms with Crippen molar-refractivity contribution >= 4 is 21.6 Å². The summed E-state index contributed by atoms with van der Waals surface area (Å²) in [5.41, 5.74) is 3.19. The molecular formula is C24H31N3O3S. The molecule has 1 amide bonds. The average molecular weight is 442 g/mol. The molecular weight excluding hydrogens is 410 g/mol. The number of nitrogens with one attached hydrogen (secondary N) is 1. The summed E-state index contributed by atoms with van der Waals surface area (Å²) < 4.78 is 28.1. The van der Waals surface area contributed by atoms with E-state index >= 15 is 0 Å². The van der Waals surface area contributed by atoms with Gasteiger partial charge in [-0.15, -0.1) is 0 Å². The lowest BCUT2D eigenvalue weighted by atomic mass is 10.0. The molecule has 2 aromatic carbocycles. The van der Waals surface area contributed by atoms with Gasteiger partial charge in [-0.25, -0.2) is 8.42 Å². The predicted molar refractivity (Wildman–Crippen MR) is 123 cm³/mol. The van der Waals surface area contributed by atoms with E-state index < -0.39 is 10.0 Å². The van der Waals surface area contributed by atoms with E-state index in [0.717, 1.165) is 37.1 Å². The molecule has 0 radical (unpaired) electrons. The third kappa shape index (κ3) is 4.93. The lowest BCUT2D eigenvalue weighted by molar-refractivity contribution is 0.0644. The number of sulfonamides is 1. The molecule has 2 saturated heterocycles. The first-order valence-corrected chi connectivity index (χ1v) is 12.6. The summed E-state index contributed by atoms with van der Waals surface area (Å²) in [4.78, 5) is 17.5. The van der Waals surface area contributed by atoms with Crippen LogP contribution in [0.3, 0.4) is 0 Å². The Labute approximate surface area is 185 Å². The Bertz CT molecular complexity index is 1040. The van der Waals surface area contributed by atoms with E-state index in [2.05, 4.69) is 9.62 Å². The van der Waals surface area contributed by atoms with E-state index in [4.69, 9.17) is 0 Å². The number of rotatable bonds is 5. The molecule has 2 aliphatic heterocycles. The minimum atomic E-state index is -3.71. The molecule has 6 nitrogen and oxygen atoms in total. The van der Waals surface area contributed by atoms with Gasteiger partial charge in [0, 0.05) is 30.4 Å². The summed E-state index contributed by atoms with van der Waals surface area (Å²) in [6, 6.07) is 12.3. The maximum Gasteiger partial charge on any atom is 0.261 e. The first-order valence-electron chi connectivity index (χ1n) is 11.1. The van der Waals surface area contributed by atoms with Crippen LogP contribution < -0.4 is 4.72 Å². The molecule has 0 aliphatic carbocycles. The van der Waals surface area contributed by atoms with Crippen molar-refractivity contribution in [2.75, 3.05) is 30.9 Å². The number of aryl methyl sites for hydroxylation is 2. The van der Waals surface area contributed by atoms with E-state index in [-0.39, 0.29) is 10.8 Å². The largest absolute Gasteiger partial charge is 0.339 e. The standard InChI is InChI=1S/C24H31N3O3S/c1-18-5-8-21(17-19(18)2)25-31(29,30)23-9-6-20(7-10-23)24(28)27-15-11-22(12-16-27)26-13-3-4-14-26/h5-10,17,22,25H,3-4,11-16H2,1-2H3. The van der Waals surface area contributed by atoms with Gasteiger partial charge in [-0.3, -0.25) is 9.52 Å². The number of amides is 1. The number of carbonyl (C=O) groups is 1. The third-order valence-electron chi connectivity index (χ3n) is 6.58. The Morgan fingerprint density at radius 2 is 1.55 bits per heavy atom. The molecule has 2 fully saturated rings. The Morgan fingerprint density at radius 3 is 2.16 bits per heavy atom. The van der Waals surface area contributed by atoms with Crippen molar-refractivity contribution in [3.05, 3.63) is 59.2 Å². The van der Waals surface area contributed by atoms with Crippen molar-refractivity contribution in [1.82, 2.24) is 9.80 Å². The highest BCUT2D eigenvalue weighted by molar-refractivity contribution is 7.92. The zero-order valence-electron chi connectivity index (χ0n) is 18.3. The van der Waals surface area contributed by atoms with Gasteiger partial charge >= 0.3 is 0 Å². The highest BCUT2D eigenvalue weighted by Gasteiger charge is 2.28. The molecule has 0 bridgehead atoms. The fourth-order valence-corrected chi connectivity index (χ4v) is 5.57. The number of likely N-dealkylation sites (tertiary alicyclic amines) is 2. The molecule has 1 N–H and O–H groups in total. The van der Waals surface area contributed by atoms with E-state index in [1.165, 1.54) is 38.1 Å². The first kappa shape index (κ1) is 21.8. The van der Waals surface area contributed by atoms with Gasteiger partial charge in [-0.05, 0) is 100 Å². The van der Waals surface area contributed by atoms with Gasteiger partial charge in [-0.2, -0.15) is 0 Å². The number of carbonyl (C=O) groups excluding carboxylic acids is 1. The smallest absolute Gasteiger partial charge is 0.261 e. The zero-order valence-corrected chi connectivity index (χ0v) is 19.1. The molecule has 2 heterocycles. The number of hydrogen-bond acceptors (Lipinski definition) is 4. The van der Waals surface area contributed by atoms with Crippen LogP contribution in [0.5, 0.6) is 0 Å². The van der Waals surface area contributed by atoms with Crippen molar-refractivity contribution < 1.29 is 13.2 Å². The van der Waals surface area contributed by atoms with Crippen molar-refractivity contribution in [3.8, 4) is 0 Å². The summed E-state index contributed by atoms with van der Waals surface area (Å²) in [6.45, 7) is 7.82. The van der Waals surface area contributed by atoms with Gasteiger partial charge in [0.1, 0.15) is 0 Å². The molecule has 0 saturated carbocycles. The van der Waals surface area contributed by atoms with Crippen LogP contribution in [0.4, 0.5) is 5.69 Å². The van der Waals surface area contributed by atoms with Gasteiger partial charge in [-0.1, -0.05) is 6.07 Å². The molecule has 0 atom stereocenters. The van der Waals surface area contributed by atoms with Crippen LogP contribution in [0.1, 0.15) is 47.2 Å². The average Bonchev–Trinajstić information content (AvgIpc) is 3.31. The quantitative estimate of drug-likeness (QED) is 0.766. The molecule has 2 aromatic rings. The van der Waals surface area contributed by atoms with E-state index in [1.54, 1.807) is 18.2 Å². The van der Waals surface area contributed by atoms with Crippen molar-refractivity contribution in [1.29, 1.82) is 0 Å². The van der Waals surface area contributed by atoms with Crippen LogP contribution in [0.2, 0.25) is 0 Å². The second-order valence-corrected chi connectivity index (χ2v) is 10.4. The minimum absolute atomic E-state index is 0.0223. The van der Waals surface area contributed by atoms with Crippen LogP contribution in [-0.2, 0) is 10.0 Å². The van der Waals surface area contributed by atoms with Crippen molar-refractivity contribution in [3.63, 3.8) is 0 Å². The highest BCUT2D eigenvalue weighted by atomic mass is 32.2. The third-order valence-corrected chi connectivity index (χ3v) is 7.98. The summed E-state index contributed by atoms with van der Waals surface area (Å²) in [5, 5.41) is 0. The minimum Gasteiger partial charge on any atom is -0.339 e. The van der Waals surface area contributed by atoms with Crippen molar-refractivity contribution in [2.24, 2.45) is 0 Å². The van der Waals surface area contributed by atoms with Crippen LogP contribution >= 0.6 is 0 Å². The van der Waals surface area contributed by atoms with Crippen LogP contribution in [0, 0.1) is 13.8 Å². The SMILES string of the molecule is Cc1ccc(NS(=O)(=O)c2ccc(C(=O)N3CCC(N4CCCC4)CC3)cc2)cc1C. The van der Waals surface area contributed by atoms with E-state index in [1.807, 2.05) is 30.9 Å². The normalized spacial score (nSPS) is 18.3. The second-order valence-electron chi connectivity index (χ2n) is 8.70. The highest BCUT2D eigenvalue weighted by Crippen LogP contribution is 2.23. The molecule has 2 aliphatic rings. The maximum absolute atomic E-state index is 12.9. The predicted octanol–water partition coefficient (Wildman–Crippen LogP) is 3.80. The first-order chi connectivity index (χ1) is 14.8. The summed E-state index contributed by atoms with van der Waals surface area (Å²) in [5.74, 6) is -0.0223. The number of nitrogens with zero attached hydrogens (tertiary/aromatic N) is 2. The molecule has 31 heavy (non-hydrogen) atoms.